The van der Waals surface area contributed by atoms with E-state index in [1.807, 2.05) is 12.1 Å². The van der Waals surface area contributed by atoms with Crippen LogP contribution < -0.4 is 0 Å². The Labute approximate surface area is 125 Å². The molecular formula is C8H5Br5O. The van der Waals surface area contributed by atoms with Crippen molar-refractivity contribution in [3.63, 3.8) is 0 Å². The first kappa shape index (κ1) is 13.6. The van der Waals surface area contributed by atoms with Crippen LogP contribution in [0.2, 0.25) is 0 Å². The highest BCUT2D eigenvalue weighted by Crippen LogP contribution is 2.45. The number of hydrogen-bond donors (Lipinski definition) is 0. The maximum absolute atomic E-state index is 5.27. The van der Waals surface area contributed by atoms with Crippen LogP contribution in [-0.4, -0.2) is 7.11 Å². The van der Waals surface area contributed by atoms with E-state index in [9.17, 15) is 0 Å². The Morgan fingerprint density at radius 3 is 2.14 bits per heavy atom. The Morgan fingerprint density at radius 1 is 1.07 bits per heavy atom. The Hall–Kier alpha value is 1.58. The number of methoxy groups -OCH3 is 1. The quantitative estimate of drug-likeness (QED) is 0.372. The van der Waals surface area contributed by atoms with Crippen LogP contribution >= 0.6 is 79.6 Å². The van der Waals surface area contributed by atoms with Crippen LogP contribution in [0.4, 0.5) is 0 Å². The normalized spacial score (nSPS) is 11.9. The van der Waals surface area contributed by atoms with Gasteiger partial charge in [0.15, 0.2) is 0 Å². The molecule has 1 rings (SSSR count). The zero-order valence-corrected chi connectivity index (χ0v) is 14.9. The van der Waals surface area contributed by atoms with Crippen LogP contribution in [0.15, 0.2) is 25.6 Å². The van der Waals surface area contributed by atoms with Gasteiger partial charge in [-0.05, 0) is 85.7 Å². The van der Waals surface area contributed by atoms with Gasteiger partial charge >= 0.3 is 0 Å². The summed E-state index contributed by atoms with van der Waals surface area (Å²) in [6.45, 7) is 0. The Morgan fingerprint density at radius 2 is 1.64 bits per heavy atom. The van der Waals surface area contributed by atoms with Crippen LogP contribution in [-0.2, 0) is 8.16 Å². The molecule has 0 bridgehead atoms. The van der Waals surface area contributed by atoms with Crippen molar-refractivity contribution in [1.29, 1.82) is 0 Å². The molecule has 6 heteroatoms. The standard InChI is InChI=1S/C8H5Br5O/c1-14-8(12,13)4-2-3-5(9)7(11)6(4)10/h2-3H,1H3. The van der Waals surface area contributed by atoms with Gasteiger partial charge in [0, 0.05) is 26.1 Å². The van der Waals surface area contributed by atoms with Gasteiger partial charge in [-0.2, -0.15) is 0 Å². The fourth-order valence-electron chi connectivity index (χ4n) is 0.861. The lowest BCUT2D eigenvalue weighted by atomic mass is 10.2. The lowest BCUT2D eigenvalue weighted by Crippen LogP contribution is -2.12. The second kappa shape index (κ2) is 5.27. The lowest BCUT2D eigenvalue weighted by molar-refractivity contribution is 0.158. The first-order valence-corrected chi connectivity index (χ1v) is 7.43. The molecule has 0 aliphatic heterocycles. The van der Waals surface area contributed by atoms with Crippen molar-refractivity contribution < 1.29 is 4.74 Å². The average molecular weight is 517 g/mol. The molecular weight excluding hydrogens is 512 g/mol. The summed E-state index contributed by atoms with van der Waals surface area (Å²) < 4.78 is 7.47. The predicted molar refractivity (Wildman–Crippen MR) is 76.1 cm³/mol. The van der Waals surface area contributed by atoms with Gasteiger partial charge in [0.2, 0.25) is 3.42 Å². The number of benzene rings is 1. The van der Waals surface area contributed by atoms with Crippen molar-refractivity contribution in [1.82, 2.24) is 0 Å². The molecule has 0 aromatic heterocycles. The summed E-state index contributed by atoms with van der Waals surface area (Å²) in [5.41, 5.74) is 0.954. The molecule has 0 heterocycles. The predicted octanol–water partition coefficient (Wildman–Crippen LogP) is 5.52. The van der Waals surface area contributed by atoms with Gasteiger partial charge in [-0.3, -0.25) is 0 Å². The van der Waals surface area contributed by atoms with Crippen LogP contribution in [0.3, 0.4) is 0 Å². The fourth-order valence-corrected chi connectivity index (χ4v) is 3.62. The number of ether oxygens (including phenoxy) is 1. The Bertz CT molecular complexity index is 350. The highest BCUT2D eigenvalue weighted by molar-refractivity contribution is 9.24. The molecule has 14 heavy (non-hydrogen) atoms. The third kappa shape index (κ3) is 2.83. The van der Waals surface area contributed by atoms with Crippen molar-refractivity contribution >= 4 is 79.6 Å². The minimum absolute atomic E-state index is 0.665. The highest BCUT2D eigenvalue weighted by Gasteiger charge is 2.28. The molecule has 1 nitrogen and oxygen atoms in total. The van der Waals surface area contributed by atoms with Crippen molar-refractivity contribution in [2.24, 2.45) is 0 Å². The summed E-state index contributed by atoms with van der Waals surface area (Å²) in [7, 11) is 1.62. The molecule has 0 aliphatic carbocycles. The third-order valence-electron chi connectivity index (χ3n) is 1.61. The minimum Gasteiger partial charge on any atom is -0.353 e. The Balaban J connectivity index is 3.31. The zero-order chi connectivity index (χ0) is 10.9. The molecule has 78 valence electrons. The van der Waals surface area contributed by atoms with Gasteiger partial charge in [-0.1, -0.05) is 6.07 Å². The summed E-state index contributed by atoms with van der Waals surface area (Å²) in [4.78, 5) is 0. The van der Waals surface area contributed by atoms with Gasteiger partial charge in [-0.15, -0.1) is 0 Å². The SMILES string of the molecule is COC(Br)(Br)c1ccc(Br)c(Br)c1Br. The van der Waals surface area contributed by atoms with Crippen molar-refractivity contribution in [2.45, 2.75) is 3.42 Å². The van der Waals surface area contributed by atoms with Gasteiger partial charge in [0.1, 0.15) is 0 Å². The summed E-state index contributed by atoms with van der Waals surface area (Å²) in [5.74, 6) is 0. The summed E-state index contributed by atoms with van der Waals surface area (Å²) in [6, 6.07) is 3.90. The van der Waals surface area contributed by atoms with Gasteiger partial charge < -0.3 is 4.74 Å². The van der Waals surface area contributed by atoms with E-state index in [1.54, 1.807) is 7.11 Å². The average Bonchev–Trinajstić information content (AvgIpc) is 2.14. The third-order valence-corrected chi connectivity index (χ3v) is 6.48. The first-order valence-electron chi connectivity index (χ1n) is 3.47. The van der Waals surface area contributed by atoms with Gasteiger partial charge in [0.25, 0.3) is 0 Å². The molecule has 0 amide bonds. The number of halogens is 5. The summed E-state index contributed by atoms with van der Waals surface area (Å²) in [6.07, 6.45) is 0. The maximum Gasteiger partial charge on any atom is 0.204 e. The maximum atomic E-state index is 5.27. The van der Waals surface area contributed by atoms with E-state index in [0.717, 1.165) is 19.0 Å². The van der Waals surface area contributed by atoms with Crippen LogP contribution in [0.25, 0.3) is 0 Å². The number of rotatable bonds is 2. The largest absolute Gasteiger partial charge is 0.353 e. The second-order valence-corrected chi connectivity index (χ2v) is 8.18. The van der Waals surface area contributed by atoms with E-state index < -0.39 is 3.42 Å². The summed E-state index contributed by atoms with van der Waals surface area (Å²) in [5, 5.41) is 0. The molecule has 0 N–H and O–H groups in total. The van der Waals surface area contributed by atoms with Crippen molar-refractivity contribution in [3.8, 4) is 0 Å². The molecule has 0 saturated heterocycles. The second-order valence-electron chi connectivity index (χ2n) is 2.44. The molecule has 1 aromatic rings. The van der Waals surface area contributed by atoms with E-state index in [2.05, 4.69) is 79.6 Å². The molecule has 0 aliphatic rings. The molecule has 0 fully saturated rings. The van der Waals surface area contributed by atoms with Gasteiger partial charge in [0.05, 0.1) is 0 Å². The van der Waals surface area contributed by atoms with Crippen LogP contribution in [0.5, 0.6) is 0 Å². The van der Waals surface area contributed by atoms with Crippen LogP contribution in [0, 0.1) is 0 Å². The number of alkyl halides is 2. The molecule has 0 spiro atoms. The summed E-state index contributed by atoms with van der Waals surface area (Å²) >= 11 is 17.2. The smallest absolute Gasteiger partial charge is 0.204 e. The zero-order valence-electron chi connectivity index (χ0n) is 6.95. The molecule has 0 unspecified atom stereocenters. The number of hydrogen-bond acceptors (Lipinski definition) is 1. The fraction of sp³-hybridized carbons (Fsp3) is 0.250. The Kier molecular flexibility index (Phi) is 5.14. The van der Waals surface area contributed by atoms with Crippen molar-refractivity contribution in [2.75, 3.05) is 7.11 Å². The van der Waals surface area contributed by atoms with Crippen LogP contribution in [0.1, 0.15) is 5.56 Å². The lowest BCUT2D eigenvalue weighted by Gasteiger charge is -2.21. The van der Waals surface area contributed by atoms with E-state index in [1.165, 1.54) is 0 Å². The highest BCUT2D eigenvalue weighted by atomic mass is 79.9. The van der Waals surface area contributed by atoms with E-state index >= 15 is 0 Å². The molecule has 0 saturated carbocycles. The van der Waals surface area contributed by atoms with Gasteiger partial charge in [-0.25, -0.2) is 0 Å². The topological polar surface area (TPSA) is 9.23 Å². The van der Waals surface area contributed by atoms with E-state index in [-0.39, 0.29) is 0 Å². The minimum atomic E-state index is -0.665. The van der Waals surface area contributed by atoms with E-state index in [4.69, 9.17) is 4.74 Å². The van der Waals surface area contributed by atoms with Crippen molar-refractivity contribution in [3.05, 3.63) is 31.1 Å². The molecule has 1 aromatic carbocycles. The monoisotopic (exact) mass is 512 g/mol. The van der Waals surface area contributed by atoms with E-state index in [0.29, 0.717) is 0 Å². The molecule has 0 radical (unpaired) electrons. The first-order chi connectivity index (χ1) is 6.40. The molecule has 0 atom stereocenters.